The Bertz CT molecular complexity index is 613. The minimum absolute atomic E-state index is 0.0183. The number of rotatable bonds is 5. The lowest BCUT2D eigenvalue weighted by Crippen LogP contribution is -2.33. The third-order valence-corrected chi connectivity index (χ3v) is 2.80. The second-order valence-electron chi connectivity index (χ2n) is 4.38. The number of halogens is 3. The van der Waals surface area contributed by atoms with Crippen molar-refractivity contribution in [2.45, 2.75) is 13.1 Å². The third-order valence-electron chi connectivity index (χ3n) is 2.80. The molecule has 0 bridgehead atoms. The zero-order valence-electron chi connectivity index (χ0n) is 11.9. The van der Waals surface area contributed by atoms with Gasteiger partial charge >= 0.3 is 6.18 Å². The second-order valence-corrected chi connectivity index (χ2v) is 4.38. The molecule has 0 fully saturated rings. The largest absolute Gasteiger partial charge is 0.405 e. The number of anilines is 1. The quantitative estimate of drug-likeness (QED) is 0.609. The molecule has 0 heterocycles. The molecule has 114 valence electrons. The normalized spacial score (nSPS) is 10.8. The fourth-order valence-corrected chi connectivity index (χ4v) is 1.75. The van der Waals surface area contributed by atoms with Crippen LogP contribution in [0.5, 0.6) is 0 Å². The van der Waals surface area contributed by atoms with Gasteiger partial charge in [-0.1, -0.05) is 24.3 Å². The third kappa shape index (κ3) is 5.72. The highest BCUT2D eigenvalue weighted by Crippen LogP contribution is 2.22. The predicted molar refractivity (Wildman–Crippen MR) is 78.7 cm³/mol. The van der Waals surface area contributed by atoms with E-state index in [9.17, 15) is 13.2 Å². The van der Waals surface area contributed by atoms with Crippen LogP contribution in [0.3, 0.4) is 0 Å². The van der Waals surface area contributed by atoms with E-state index in [2.05, 4.69) is 0 Å². The van der Waals surface area contributed by atoms with Crippen LogP contribution in [0.25, 0.3) is 6.08 Å². The summed E-state index contributed by atoms with van der Waals surface area (Å²) in [5, 5.41) is 17.1. The Morgan fingerprint density at radius 2 is 1.77 bits per heavy atom. The monoisotopic (exact) mass is 305 g/mol. The summed E-state index contributed by atoms with van der Waals surface area (Å²) in [6.45, 7) is 0.927. The Kier molecular flexibility index (Phi) is 6.22. The number of nitriles is 2. The van der Waals surface area contributed by atoms with Crippen molar-refractivity contribution in [3.63, 3.8) is 0 Å². The van der Waals surface area contributed by atoms with Crippen LogP contribution in [-0.2, 0) is 0 Å². The summed E-state index contributed by atoms with van der Waals surface area (Å²) in [7, 11) is 0. The van der Waals surface area contributed by atoms with Crippen LogP contribution >= 0.6 is 0 Å². The molecule has 22 heavy (non-hydrogen) atoms. The highest BCUT2D eigenvalue weighted by molar-refractivity contribution is 5.57. The topological polar surface area (TPSA) is 50.8 Å². The van der Waals surface area contributed by atoms with Crippen LogP contribution in [0.15, 0.2) is 42.0 Å². The molecule has 1 aromatic rings. The van der Waals surface area contributed by atoms with Crippen molar-refractivity contribution in [1.29, 1.82) is 10.5 Å². The highest BCUT2D eigenvalue weighted by Gasteiger charge is 2.30. The molecule has 1 aromatic carbocycles. The minimum Gasteiger partial charge on any atom is -0.363 e. The van der Waals surface area contributed by atoms with Gasteiger partial charge in [0, 0.05) is 12.2 Å². The van der Waals surface area contributed by atoms with Gasteiger partial charge in [0.1, 0.15) is 24.3 Å². The van der Waals surface area contributed by atoms with Gasteiger partial charge in [-0.05, 0) is 30.7 Å². The highest BCUT2D eigenvalue weighted by atomic mass is 19.4. The Morgan fingerprint density at radius 1 is 1.18 bits per heavy atom. The number of alkyl halides is 3. The molecule has 0 aromatic heterocycles. The van der Waals surface area contributed by atoms with E-state index < -0.39 is 12.7 Å². The van der Waals surface area contributed by atoms with Crippen molar-refractivity contribution in [3.05, 3.63) is 47.6 Å². The molecule has 0 aliphatic heterocycles. The van der Waals surface area contributed by atoms with Crippen molar-refractivity contribution in [2.24, 2.45) is 0 Å². The average Bonchev–Trinajstić information content (AvgIpc) is 2.49. The fraction of sp³-hybridized carbons (Fsp3) is 0.250. The van der Waals surface area contributed by atoms with E-state index in [4.69, 9.17) is 10.5 Å². The molecule has 3 nitrogen and oxygen atoms in total. The maximum atomic E-state index is 12.5. The predicted octanol–water partition coefficient (Wildman–Crippen LogP) is 4.06. The molecular formula is C16H14F3N3. The van der Waals surface area contributed by atoms with Crippen LogP contribution in [0, 0.1) is 22.7 Å². The smallest absolute Gasteiger partial charge is 0.363 e. The van der Waals surface area contributed by atoms with E-state index in [-0.39, 0.29) is 12.1 Å². The van der Waals surface area contributed by atoms with Crippen molar-refractivity contribution < 1.29 is 13.2 Å². The van der Waals surface area contributed by atoms with Gasteiger partial charge in [0.15, 0.2) is 0 Å². The first kappa shape index (κ1) is 17.3. The van der Waals surface area contributed by atoms with Crippen molar-refractivity contribution in [3.8, 4) is 12.1 Å². The molecule has 6 heteroatoms. The maximum absolute atomic E-state index is 12.5. The molecule has 0 aliphatic rings. The van der Waals surface area contributed by atoms with Gasteiger partial charge in [-0.25, -0.2) is 0 Å². The Morgan fingerprint density at radius 3 is 2.23 bits per heavy atom. The fourth-order valence-electron chi connectivity index (χ4n) is 1.75. The summed E-state index contributed by atoms with van der Waals surface area (Å²) in [5.74, 6) is 0. The van der Waals surface area contributed by atoms with Gasteiger partial charge in [0.05, 0.1) is 0 Å². The van der Waals surface area contributed by atoms with Gasteiger partial charge in [-0.3, -0.25) is 0 Å². The Hall–Kier alpha value is -2.73. The zero-order chi connectivity index (χ0) is 16.6. The van der Waals surface area contributed by atoms with E-state index in [0.717, 1.165) is 5.56 Å². The van der Waals surface area contributed by atoms with E-state index >= 15 is 0 Å². The maximum Gasteiger partial charge on any atom is 0.405 e. The van der Waals surface area contributed by atoms with E-state index in [1.807, 2.05) is 0 Å². The van der Waals surface area contributed by atoms with Crippen molar-refractivity contribution >= 4 is 11.8 Å². The summed E-state index contributed by atoms with van der Waals surface area (Å²) in [6, 6.07) is 10.0. The van der Waals surface area contributed by atoms with Gasteiger partial charge in [-0.2, -0.15) is 23.7 Å². The van der Waals surface area contributed by atoms with Gasteiger partial charge in [0.25, 0.3) is 0 Å². The van der Waals surface area contributed by atoms with Crippen LogP contribution in [0.2, 0.25) is 0 Å². The van der Waals surface area contributed by atoms with Crippen LogP contribution in [0.4, 0.5) is 18.9 Å². The average molecular weight is 305 g/mol. The zero-order valence-corrected chi connectivity index (χ0v) is 11.9. The minimum atomic E-state index is -4.25. The first-order valence-corrected chi connectivity index (χ1v) is 6.50. The molecule has 0 spiro atoms. The molecule has 0 atom stereocenters. The number of nitrogens with zero attached hydrogens (tertiary/aromatic N) is 3. The van der Waals surface area contributed by atoms with E-state index in [0.29, 0.717) is 5.69 Å². The SMILES string of the molecule is CCN(CC(F)(F)F)c1ccc(/C=C/C=C(C#N)C#N)cc1. The van der Waals surface area contributed by atoms with E-state index in [1.165, 1.54) is 11.0 Å². The van der Waals surface area contributed by atoms with Gasteiger partial charge in [0.2, 0.25) is 0 Å². The summed E-state index contributed by atoms with van der Waals surface area (Å²) >= 11 is 0. The first-order chi connectivity index (χ1) is 10.4. The lowest BCUT2D eigenvalue weighted by Gasteiger charge is -2.24. The molecule has 0 radical (unpaired) electrons. The number of hydrogen-bond acceptors (Lipinski definition) is 3. The summed E-state index contributed by atoms with van der Waals surface area (Å²) in [4.78, 5) is 1.23. The van der Waals surface area contributed by atoms with Crippen LogP contribution in [0.1, 0.15) is 12.5 Å². The first-order valence-electron chi connectivity index (χ1n) is 6.50. The summed E-state index contributed by atoms with van der Waals surface area (Å²) in [6.07, 6.45) is 0.336. The molecule has 0 N–H and O–H groups in total. The van der Waals surface area contributed by atoms with Crippen molar-refractivity contribution in [1.82, 2.24) is 0 Å². The molecule has 0 aliphatic carbocycles. The molecule has 0 saturated carbocycles. The van der Waals surface area contributed by atoms with E-state index in [1.54, 1.807) is 55.5 Å². The van der Waals surface area contributed by atoms with Gasteiger partial charge < -0.3 is 4.90 Å². The Balaban J connectivity index is 2.83. The second kappa shape index (κ2) is 7.90. The van der Waals surface area contributed by atoms with Crippen LogP contribution < -0.4 is 4.90 Å². The Labute approximate surface area is 127 Å². The molecular weight excluding hydrogens is 291 g/mol. The number of hydrogen-bond donors (Lipinski definition) is 0. The number of allylic oxidation sites excluding steroid dienone is 3. The molecule has 0 saturated heterocycles. The summed E-state index contributed by atoms with van der Waals surface area (Å²) < 4.78 is 37.4. The molecule has 1 rings (SSSR count). The lowest BCUT2D eigenvalue weighted by molar-refractivity contribution is -0.119. The summed E-state index contributed by atoms with van der Waals surface area (Å²) in [5.41, 5.74) is 1.23. The standard InChI is InChI=1S/C16H14F3N3/c1-2-22(12-16(17,18)19)15-8-6-13(7-9-15)4-3-5-14(10-20)11-21/h3-9H,2,12H2,1H3/b4-3+. The van der Waals surface area contributed by atoms with Crippen LogP contribution in [-0.4, -0.2) is 19.3 Å². The molecule has 0 amide bonds. The van der Waals surface area contributed by atoms with Crippen molar-refractivity contribution in [2.75, 3.05) is 18.0 Å². The molecule has 0 unspecified atom stereocenters. The lowest BCUT2D eigenvalue weighted by atomic mass is 10.1. The number of benzene rings is 1. The van der Waals surface area contributed by atoms with Gasteiger partial charge in [-0.15, -0.1) is 0 Å².